The van der Waals surface area contributed by atoms with Crippen molar-refractivity contribution in [2.24, 2.45) is 5.73 Å². The summed E-state index contributed by atoms with van der Waals surface area (Å²) in [6.45, 7) is 1.79. The highest BCUT2D eigenvalue weighted by molar-refractivity contribution is 5.97. The summed E-state index contributed by atoms with van der Waals surface area (Å²) in [5.41, 5.74) is 6.09. The van der Waals surface area contributed by atoms with Crippen LogP contribution in [0.25, 0.3) is 0 Å². The molecule has 0 atom stereocenters. The maximum Gasteiger partial charge on any atom is 0.249 e. The topological polar surface area (TPSA) is 92.4 Å². The van der Waals surface area contributed by atoms with Crippen LogP contribution in [-0.4, -0.2) is 22.5 Å². The average molecular weight is 290 g/mol. The monoisotopic (exact) mass is 290 g/mol. The van der Waals surface area contributed by atoms with E-state index in [4.69, 9.17) is 5.73 Å². The SMILES string of the molecule is Cc1ccc(NC(=O)CC2(O)CCCCC2)cc1C(N)=O. The number of amides is 2. The second-order valence-corrected chi connectivity index (χ2v) is 5.90. The van der Waals surface area contributed by atoms with E-state index in [1.54, 1.807) is 25.1 Å². The van der Waals surface area contributed by atoms with E-state index in [0.717, 1.165) is 24.8 Å². The Bertz CT molecular complexity index is 548. The molecule has 0 unspecified atom stereocenters. The third-order valence-electron chi connectivity index (χ3n) is 4.06. The zero-order chi connectivity index (χ0) is 15.5. The Hall–Kier alpha value is -1.88. The van der Waals surface area contributed by atoms with Crippen molar-refractivity contribution in [1.29, 1.82) is 0 Å². The Morgan fingerprint density at radius 2 is 1.95 bits per heavy atom. The van der Waals surface area contributed by atoms with E-state index in [1.165, 1.54) is 0 Å². The highest BCUT2D eigenvalue weighted by atomic mass is 16.3. The van der Waals surface area contributed by atoms with Crippen LogP contribution in [0.3, 0.4) is 0 Å². The summed E-state index contributed by atoms with van der Waals surface area (Å²) >= 11 is 0. The van der Waals surface area contributed by atoms with Gasteiger partial charge in [-0.2, -0.15) is 0 Å². The van der Waals surface area contributed by atoms with Crippen LogP contribution in [0.1, 0.15) is 54.4 Å². The molecule has 114 valence electrons. The van der Waals surface area contributed by atoms with Crippen LogP contribution >= 0.6 is 0 Å². The van der Waals surface area contributed by atoms with Crippen molar-refractivity contribution in [3.63, 3.8) is 0 Å². The maximum atomic E-state index is 12.1. The molecule has 2 rings (SSSR count). The summed E-state index contributed by atoms with van der Waals surface area (Å²) in [5.74, 6) is -0.756. The van der Waals surface area contributed by atoms with Crippen molar-refractivity contribution < 1.29 is 14.7 Å². The number of nitrogens with one attached hydrogen (secondary N) is 1. The molecule has 0 spiro atoms. The second-order valence-electron chi connectivity index (χ2n) is 5.90. The van der Waals surface area contributed by atoms with Gasteiger partial charge in [0.25, 0.3) is 0 Å². The molecule has 2 amide bonds. The van der Waals surface area contributed by atoms with Crippen molar-refractivity contribution in [2.45, 2.75) is 51.0 Å². The molecule has 0 bridgehead atoms. The highest BCUT2D eigenvalue weighted by Gasteiger charge is 2.31. The lowest BCUT2D eigenvalue weighted by Crippen LogP contribution is -2.35. The lowest BCUT2D eigenvalue weighted by Gasteiger charge is -2.31. The number of aliphatic hydroxyl groups is 1. The van der Waals surface area contributed by atoms with Crippen molar-refractivity contribution in [1.82, 2.24) is 0 Å². The smallest absolute Gasteiger partial charge is 0.249 e. The van der Waals surface area contributed by atoms with Gasteiger partial charge in [0.1, 0.15) is 0 Å². The van der Waals surface area contributed by atoms with Crippen LogP contribution in [0, 0.1) is 6.92 Å². The number of rotatable bonds is 4. The number of nitrogens with two attached hydrogens (primary N) is 1. The van der Waals surface area contributed by atoms with Crippen molar-refractivity contribution >= 4 is 17.5 Å². The van der Waals surface area contributed by atoms with Crippen molar-refractivity contribution in [3.8, 4) is 0 Å². The average Bonchev–Trinajstić information content (AvgIpc) is 2.40. The predicted molar refractivity (Wildman–Crippen MR) is 81.0 cm³/mol. The Morgan fingerprint density at radius 3 is 2.57 bits per heavy atom. The molecular weight excluding hydrogens is 268 g/mol. The van der Waals surface area contributed by atoms with E-state index in [-0.39, 0.29) is 12.3 Å². The largest absolute Gasteiger partial charge is 0.389 e. The summed E-state index contributed by atoms with van der Waals surface area (Å²) in [4.78, 5) is 23.4. The standard InChI is InChI=1S/C16H22N2O3/c1-11-5-6-12(9-13(11)15(17)20)18-14(19)10-16(21)7-3-2-4-8-16/h5-6,9,21H,2-4,7-8,10H2,1H3,(H2,17,20)(H,18,19). The van der Waals surface area contributed by atoms with Crippen LogP contribution in [0.15, 0.2) is 18.2 Å². The molecule has 1 aromatic carbocycles. The van der Waals surface area contributed by atoms with Gasteiger partial charge in [0, 0.05) is 11.3 Å². The summed E-state index contributed by atoms with van der Waals surface area (Å²) in [7, 11) is 0. The van der Waals surface area contributed by atoms with Gasteiger partial charge in [0.05, 0.1) is 12.0 Å². The van der Waals surface area contributed by atoms with Crippen LogP contribution in [0.5, 0.6) is 0 Å². The van der Waals surface area contributed by atoms with E-state index in [0.29, 0.717) is 24.1 Å². The van der Waals surface area contributed by atoms with E-state index in [2.05, 4.69) is 5.32 Å². The molecule has 0 aromatic heterocycles. The zero-order valence-electron chi connectivity index (χ0n) is 12.3. The van der Waals surface area contributed by atoms with Gasteiger partial charge in [-0.25, -0.2) is 0 Å². The number of primary amides is 1. The summed E-state index contributed by atoms with van der Waals surface area (Å²) in [5, 5.41) is 13.1. The molecule has 5 heteroatoms. The van der Waals surface area contributed by atoms with E-state index in [9.17, 15) is 14.7 Å². The fourth-order valence-corrected chi connectivity index (χ4v) is 2.86. The Morgan fingerprint density at radius 1 is 1.29 bits per heavy atom. The fourth-order valence-electron chi connectivity index (χ4n) is 2.86. The minimum atomic E-state index is -0.889. The number of hydrogen-bond donors (Lipinski definition) is 3. The normalized spacial score (nSPS) is 17.2. The van der Waals surface area contributed by atoms with Gasteiger partial charge in [-0.05, 0) is 37.5 Å². The molecule has 1 aliphatic carbocycles. The number of benzene rings is 1. The first-order valence-electron chi connectivity index (χ1n) is 7.32. The van der Waals surface area contributed by atoms with Crippen LogP contribution in [-0.2, 0) is 4.79 Å². The number of anilines is 1. The highest BCUT2D eigenvalue weighted by Crippen LogP contribution is 2.31. The third kappa shape index (κ3) is 4.04. The molecule has 0 heterocycles. The molecule has 1 aromatic rings. The van der Waals surface area contributed by atoms with Gasteiger partial charge < -0.3 is 16.2 Å². The first-order chi connectivity index (χ1) is 9.89. The summed E-state index contributed by atoms with van der Waals surface area (Å²) in [6.07, 6.45) is 4.46. The van der Waals surface area contributed by atoms with Gasteiger partial charge in [-0.3, -0.25) is 9.59 Å². The molecule has 0 aliphatic heterocycles. The van der Waals surface area contributed by atoms with E-state index >= 15 is 0 Å². The van der Waals surface area contributed by atoms with Gasteiger partial charge in [0.2, 0.25) is 11.8 Å². The van der Waals surface area contributed by atoms with Gasteiger partial charge in [-0.1, -0.05) is 25.3 Å². The Labute approximate surface area is 124 Å². The van der Waals surface area contributed by atoms with Crippen LogP contribution in [0.4, 0.5) is 5.69 Å². The molecule has 1 fully saturated rings. The third-order valence-corrected chi connectivity index (χ3v) is 4.06. The van der Waals surface area contributed by atoms with Gasteiger partial charge in [0.15, 0.2) is 0 Å². The number of hydrogen-bond acceptors (Lipinski definition) is 3. The molecule has 0 saturated heterocycles. The summed E-state index contributed by atoms with van der Waals surface area (Å²) in [6, 6.07) is 5.04. The quantitative estimate of drug-likeness (QED) is 0.793. The first kappa shape index (κ1) is 15.5. The minimum Gasteiger partial charge on any atom is -0.389 e. The van der Waals surface area contributed by atoms with Crippen molar-refractivity contribution in [3.05, 3.63) is 29.3 Å². The number of carbonyl (C=O) groups is 2. The maximum absolute atomic E-state index is 12.1. The lowest BCUT2D eigenvalue weighted by atomic mass is 9.82. The molecule has 1 saturated carbocycles. The van der Waals surface area contributed by atoms with E-state index in [1.807, 2.05) is 0 Å². The van der Waals surface area contributed by atoms with Gasteiger partial charge >= 0.3 is 0 Å². The molecular formula is C16H22N2O3. The lowest BCUT2D eigenvalue weighted by molar-refractivity contribution is -0.122. The predicted octanol–water partition coefficient (Wildman–Crippen LogP) is 2.12. The number of aryl methyl sites for hydroxylation is 1. The van der Waals surface area contributed by atoms with Crippen LogP contribution in [0.2, 0.25) is 0 Å². The van der Waals surface area contributed by atoms with E-state index < -0.39 is 11.5 Å². The second kappa shape index (κ2) is 6.26. The molecule has 1 aliphatic rings. The fraction of sp³-hybridized carbons (Fsp3) is 0.500. The molecule has 0 radical (unpaired) electrons. The van der Waals surface area contributed by atoms with Crippen LogP contribution < -0.4 is 11.1 Å². The zero-order valence-corrected chi connectivity index (χ0v) is 12.3. The molecule has 5 nitrogen and oxygen atoms in total. The van der Waals surface area contributed by atoms with Gasteiger partial charge in [-0.15, -0.1) is 0 Å². The minimum absolute atomic E-state index is 0.0901. The Kier molecular flexibility index (Phi) is 4.63. The molecule has 21 heavy (non-hydrogen) atoms. The number of carbonyl (C=O) groups excluding carboxylic acids is 2. The summed E-state index contributed by atoms with van der Waals surface area (Å²) < 4.78 is 0. The molecule has 4 N–H and O–H groups in total. The Balaban J connectivity index is 2.02. The van der Waals surface area contributed by atoms with Crippen molar-refractivity contribution in [2.75, 3.05) is 5.32 Å². The first-order valence-corrected chi connectivity index (χ1v) is 7.32.